The highest BCUT2D eigenvalue weighted by Crippen LogP contribution is 2.35. The first-order chi connectivity index (χ1) is 15.0. The van der Waals surface area contributed by atoms with Crippen LogP contribution in [-0.4, -0.2) is 41.7 Å². The topological polar surface area (TPSA) is 122 Å². The van der Waals surface area contributed by atoms with Crippen molar-refractivity contribution in [3.8, 4) is 11.5 Å². The van der Waals surface area contributed by atoms with E-state index in [1.807, 2.05) is 6.07 Å². The van der Waals surface area contributed by atoms with Crippen molar-refractivity contribution >= 4 is 39.1 Å². The van der Waals surface area contributed by atoms with E-state index in [9.17, 15) is 19.7 Å². The van der Waals surface area contributed by atoms with Crippen molar-refractivity contribution in [2.24, 2.45) is 4.99 Å². The Morgan fingerprint density at radius 2 is 1.87 bits per heavy atom. The lowest BCUT2D eigenvalue weighted by atomic mass is 10.2. The Hall–Kier alpha value is -3.73. The highest BCUT2D eigenvalue weighted by Gasteiger charge is 2.18. The number of carbonyl (C=O) groups excluding carboxylic acids is 2. The summed E-state index contributed by atoms with van der Waals surface area (Å²) in [4.78, 5) is 39.2. The lowest BCUT2D eigenvalue weighted by Crippen LogP contribution is -2.19. The van der Waals surface area contributed by atoms with Crippen molar-refractivity contribution in [1.82, 2.24) is 4.57 Å². The van der Waals surface area contributed by atoms with Gasteiger partial charge in [-0.15, -0.1) is 0 Å². The first kappa shape index (κ1) is 20.5. The zero-order chi connectivity index (χ0) is 22.0. The quantitative estimate of drug-likeness (QED) is 0.337. The molecule has 1 amide bonds. The minimum absolute atomic E-state index is 0.0929. The van der Waals surface area contributed by atoms with E-state index < -0.39 is 16.8 Å². The number of aryl methyl sites for hydroxylation is 1. The van der Waals surface area contributed by atoms with Gasteiger partial charge >= 0.3 is 5.97 Å². The summed E-state index contributed by atoms with van der Waals surface area (Å²) in [5, 5.41) is 10.8. The van der Waals surface area contributed by atoms with Crippen molar-refractivity contribution in [2.75, 3.05) is 20.3 Å². The van der Waals surface area contributed by atoms with Crippen LogP contribution < -0.4 is 14.3 Å². The number of carbonyl (C=O) groups is 2. The second kappa shape index (κ2) is 8.56. The molecule has 10 nitrogen and oxygen atoms in total. The minimum atomic E-state index is -0.550. The Kier molecular flexibility index (Phi) is 5.67. The number of non-ortho nitro benzene ring substituents is 1. The predicted molar refractivity (Wildman–Crippen MR) is 110 cm³/mol. The van der Waals surface area contributed by atoms with Gasteiger partial charge in [-0.05, 0) is 12.1 Å². The van der Waals surface area contributed by atoms with Crippen LogP contribution in [0.5, 0.6) is 11.5 Å². The highest BCUT2D eigenvalue weighted by atomic mass is 32.1. The Bertz CT molecular complexity index is 1240. The Morgan fingerprint density at radius 3 is 2.52 bits per heavy atom. The van der Waals surface area contributed by atoms with Gasteiger partial charge in [0, 0.05) is 36.4 Å². The van der Waals surface area contributed by atoms with Crippen LogP contribution in [0.4, 0.5) is 5.69 Å². The highest BCUT2D eigenvalue weighted by molar-refractivity contribution is 7.16. The normalized spacial score (nSPS) is 13.3. The standard InChI is InChI=1S/C20H17N3O7S/c1-28-18(24)6-7-22-14-10-15-16(30-9-8-29-15)11-17(14)31-20(22)21-19(25)12-2-4-13(5-3-12)23(26)27/h2-5,10-11H,6-9H2,1H3. The summed E-state index contributed by atoms with van der Waals surface area (Å²) in [5.41, 5.74) is 0.846. The van der Waals surface area contributed by atoms with Crippen LogP contribution in [0, 0.1) is 10.1 Å². The first-order valence-electron chi connectivity index (χ1n) is 9.29. The third kappa shape index (κ3) is 4.26. The number of methoxy groups -OCH3 is 1. The number of hydrogen-bond acceptors (Lipinski definition) is 8. The lowest BCUT2D eigenvalue weighted by molar-refractivity contribution is -0.384. The fraction of sp³-hybridized carbons (Fsp3) is 0.250. The van der Waals surface area contributed by atoms with Crippen LogP contribution >= 0.6 is 11.3 Å². The number of thiazole rings is 1. The Morgan fingerprint density at radius 1 is 1.19 bits per heavy atom. The van der Waals surface area contributed by atoms with E-state index in [0.717, 1.165) is 10.2 Å². The van der Waals surface area contributed by atoms with Crippen LogP contribution in [0.3, 0.4) is 0 Å². The molecule has 160 valence electrons. The zero-order valence-electron chi connectivity index (χ0n) is 16.4. The van der Waals surface area contributed by atoms with Crippen LogP contribution in [0.1, 0.15) is 16.8 Å². The number of nitro groups is 1. The summed E-state index contributed by atoms with van der Waals surface area (Å²) in [7, 11) is 1.31. The van der Waals surface area contributed by atoms with Gasteiger partial charge in [0.2, 0.25) is 0 Å². The SMILES string of the molecule is COC(=O)CCn1c(=NC(=O)c2ccc([N+](=O)[O-])cc2)sc2cc3c(cc21)OCCO3. The van der Waals surface area contributed by atoms with Gasteiger partial charge in [0.15, 0.2) is 16.3 Å². The average Bonchev–Trinajstić information content (AvgIpc) is 3.11. The molecular formula is C20H17N3O7S. The van der Waals surface area contributed by atoms with Crippen LogP contribution in [-0.2, 0) is 16.1 Å². The molecule has 1 aliphatic rings. The van der Waals surface area contributed by atoms with Crippen molar-refractivity contribution in [1.29, 1.82) is 0 Å². The maximum absolute atomic E-state index is 12.7. The van der Waals surface area contributed by atoms with Crippen molar-refractivity contribution in [2.45, 2.75) is 13.0 Å². The summed E-state index contributed by atoms with van der Waals surface area (Å²) in [6.45, 7) is 1.13. The van der Waals surface area contributed by atoms with Gasteiger partial charge in [0.1, 0.15) is 13.2 Å². The Balaban J connectivity index is 1.77. The molecule has 0 bridgehead atoms. The van der Waals surface area contributed by atoms with E-state index in [1.165, 1.54) is 42.7 Å². The number of rotatable bonds is 5. The molecule has 1 aromatic heterocycles. The molecule has 31 heavy (non-hydrogen) atoms. The van der Waals surface area contributed by atoms with E-state index in [4.69, 9.17) is 14.2 Å². The van der Waals surface area contributed by atoms with Gasteiger partial charge in [-0.1, -0.05) is 11.3 Å². The van der Waals surface area contributed by atoms with Crippen molar-refractivity contribution in [3.63, 3.8) is 0 Å². The molecule has 2 aromatic carbocycles. The maximum Gasteiger partial charge on any atom is 0.307 e. The van der Waals surface area contributed by atoms with Gasteiger partial charge in [-0.25, -0.2) is 0 Å². The molecule has 2 heterocycles. The molecule has 0 radical (unpaired) electrons. The number of aromatic nitrogens is 1. The Labute approximate surface area is 179 Å². The fourth-order valence-corrected chi connectivity index (χ4v) is 4.15. The molecule has 0 aliphatic carbocycles. The average molecular weight is 443 g/mol. The number of nitrogens with zero attached hydrogens (tertiary/aromatic N) is 3. The maximum atomic E-state index is 12.7. The molecule has 0 unspecified atom stereocenters. The molecule has 0 atom stereocenters. The number of fused-ring (bicyclic) bond motifs is 2. The van der Waals surface area contributed by atoms with E-state index in [2.05, 4.69) is 4.99 Å². The molecule has 1 aliphatic heterocycles. The second-order valence-electron chi connectivity index (χ2n) is 6.55. The van der Waals surface area contributed by atoms with Crippen LogP contribution in [0.25, 0.3) is 10.2 Å². The number of esters is 1. The molecule has 0 N–H and O–H groups in total. The third-order valence-corrected chi connectivity index (χ3v) is 5.68. The number of nitro benzene ring substituents is 1. The molecule has 0 saturated heterocycles. The number of hydrogen-bond donors (Lipinski definition) is 0. The lowest BCUT2D eigenvalue weighted by Gasteiger charge is -2.18. The number of amides is 1. The first-order valence-corrected chi connectivity index (χ1v) is 10.1. The van der Waals surface area contributed by atoms with E-state index in [-0.39, 0.29) is 24.2 Å². The third-order valence-electron chi connectivity index (χ3n) is 4.64. The van der Waals surface area contributed by atoms with Crippen molar-refractivity contribution < 1.29 is 28.7 Å². The largest absolute Gasteiger partial charge is 0.486 e. The van der Waals surface area contributed by atoms with Gasteiger partial charge in [-0.3, -0.25) is 19.7 Å². The molecule has 4 rings (SSSR count). The van der Waals surface area contributed by atoms with Crippen molar-refractivity contribution in [3.05, 3.63) is 56.9 Å². The van der Waals surface area contributed by atoms with Gasteiger partial charge in [0.05, 0.1) is 28.7 Å². The van der Waals surface area contributed by atoms with Gasteiger partial charge in [0.25, 0.3) is 11.6 Å². The summed E-state index contributed by atoms with van der Waals surface area (Å²) in [6.07, 6.45) is 0.0929. The van der Waals surface area contributed by atoms with Gasteiger partial charge in [-0.2, -0.15) is 4.99 Å². The monoisotopic (exact) mass is 443 g/mol. The molecular weight excluding hydrogens is 426 g/mol. The van der Waals surface area contributed by atoms with E-state index in [1.54, 1.807) is 10.6 Å². The van der Waals surface area contributed by atoms with E-state index in [0.29, 0.717) is 29.5 Å². The zero-order valence-corrected chi connectivity index (χ0v) is 17.2. The fourth-order valence-electron chi connectivity index (χ4n) is 3.09. The van der Waals surface area contributed by atoms with Gasteiger partial charge < -0.3 is 18.8 Å². The predicted octanol–water partition coefficient (Wildman–Crippen LogP) is 2.69. The number of ether oxygens (including phenoxy) is 3. The van der Waals surface area contributed by atoms with E-state index >= 15 is 0 Å². The molecule has 0 fully saturated rings. The summed E-state index contributed by atoms with van der Waals surface area (Å²) < 4.78 is 18.6. The molecule has 0 spiro atoms. The number of benzene rings is 2. The summed E-state index contributed by atoms with van der Waals surface area (Å²) in [6, 6.07) is 8.84. The molecule has 3 aromatic rings. The summed E-state index contributed by atoms with van der Waals surface area (Å²) >= 11 is 1.27. The second-order valence-corrected chi connectivity index (χ2v) is 7.56. The molecule has 0 saturated carbocycles. The smallest absolute Gasteiger partial charge is 0.307 e. The van der Waals surface area contributed by atoms with Crippen LogP contribution in [0.2, 0.25) is 0 Å². The minimum Gasteiger partial charge on any atom is -0.486 e. The van der Waals surface area contributed by atoms with Crippen LogP contribution in [0.15, 0.2) is 41.4 Å². The molecule has 11 heteroatoms. The summed E-state index contributed by atoms with van der Waals surface area (Å²) in [5.74, 6) is 0.243.